The minimum atomic E-state index is -3.82. The lowest BCUT2D eigenvalue weighted by atomic mass is 10.2. The van der Waals surface area contributed by atoms with Gasteiger partial charge in [0.05, 0.1) is 17.6 Å². The van der Waals surface area contributed by atoms with Gasteiger partial charge in [0.2, 0.25) is 15.9 Å². The van der Waals surface area contributed by atoms with Crippen LogP contribution in [0.4, 0.5) is 20.2 Å². The van der Waals surface area contributed by atoms with Crippen LogP contribution in [0.3, 0.4) is 0 Å². The van der Waals surface area contributed by atoms with Crippen molar-refractivity contribution < 1.29 is 22.0 Å². The molecule has 1 unspecified atom stereocenters. The van der Waals surface area contributed by atoms with Crippen molar-refractivity contribution in [2.24, 2.45) is 0 Å². The Kier molecular flexibility index (Phi) is 6.07. The zero-order valence-electron chi connectivity index (χ0n) is 16.3. The number of carbonyl (C=O) groups is 1. The van der Waals surface area contributed by atoms with Crippen molar-refractivity contribution in [2.45, 2.75) is 13.0 Å². The SMILES string of the molecule is CC(C(=O)N1CCN(c2ccccc2F)CC1)N(c1cccc(F)c1)S(C)(=O)=O. The van der Waals surface area contributed by atoms with Crippen LogP contribution in [0.5, 0.6) is 0 Å². The van der Waals surface area contributed by atoms with E-state index in [-0.39, 0.29) is 17.4 Å². The molecule has 29 heavy (non-hydrogen) atoms. The summed E-state index contributed by atoms with van der Waals surface area (Å²) in [5.74, 6) is -1.29. The monoisotopic (exact) mass is 423 g/mol. The van der Waals surface area contributed by atoms with Crippen LogP contribution in [0.2, 0.25) is 0 Å². The minimum Gasteiger partial charge on any atom is -0.366 e. The molecule has 2 aromatic carbocycles. The van der Waals surface area contributed by atoms with Crippen LogP contribution in [-0.2, 0) is 14.8 Å². The van der Waals surface area contributed by atoms with E-state index in [1.807, 2.05) is 4.90 Å². The van der Waals surface area contributed by atoms with E-state index in [1.165, 1.54) is 31.2 Å². The number of hydrogen-bond acceptors (Lipinski definition) is 4. The van der Waals surface area contributed by atoms with Crippen molar-refractivity contribution in [3.8, 4) is 0 Å². The first-order valence-electron chi connectivity index (χ1n) is 9.21. The Morgan fingerprint density at radius 2 is 1.69 bits per heavy atom. The fourth-order valence-electron chi connectivity index (χ4n) is 3.56. The zero-order valence-corrected chi connectivity index (χ0v) is 17.1. The maximum absolute atomic E-state index is 14.0. The van der Waals surface area contributed by atoms with Gasteiger partial charge < -0.3 is 9.80 Å². The number of sulfonamides is 1. The second kappa shape index (κ2) is 8.36. The van der Waals surface area contributed by atoms with Crippen molar-refractivity contribution >= 4 is 27.3 Å². The number of para-hydroxylation sites is 1. The Balaban J connectivity index is 1.75. The first-order chi connectivity index (χ1) is 13.7. The molecular weight excluding hydrogens is 400 g/mol. The fraction of sp³-hybridized carbons (Fsp3) is 0.350. The van der Waals surface area contributed by atoms with Gasteiger partial charge in [-0.3, -0.25) is 9.10 Å². The van der Waals surface area contributed by atoms with E-state index in [4.69, 9.17) is 0 Å². The largest absolute Gasteiger partial charge is 0.366 e. The van der Waals surface area contributed by atoms with Gasteiger partial charge >= 0.3 is 0 Å². The van der Waals surface area contributed by atoms with E-state index in [0.717, 1.165) is 16.6 Å². The molecule has 1 amide bonds. The van der Waals surface area contributed by atoms with E-state index in [0.29, 0.717) is 31.9 Å². The summed E-state index contributed by atoms with van der Waals surface area (Å²) < 4.78 is 53.2. The minimum absolute atomic E-state index is 0.0957. The summed E-state index contributed by atoms with van der Waals surface area (Å²) in [4.78, 5) is 16.4. The standard InChI is InChI=1S/C20H23F2N3O3S/c1-15(25(29(2,27)28)17-7-5-6-16(21)14-17)20(26)24-12-10-23(11-13-24)19-9-4-3-8-18(19)22/h3-9,14-15H,10-13H2,1-2H3. The highest BCUT2D eigenvalue weighted by Crippen LogP contribution is 2.24. The molecule has 2 aromatic rings. The Labute approximate surface area is 169 Å². The molecule has 1 fully saturated rings. The summed E-state index contributed by atoms with van der Waals surface area (Å²) in [6, 6.07) is 10.5. The molecule has 0 radical (unpaired) electrons. The van der Waals surface area contributed by atoms with E-state index in [2.05, 4.69) is 0 Å². The van der Waals surface area contributed by atoms with Crippen molar-refractivity contribution in [1.82, 2.24) is 4.90 Å². The number of halogens is 2. The summed E-state index contributed by atoms with van der Waals surface area (Å²) in [7, 11) is -3.82. The highest BCUT2D eigenvalue weighted by molar-refractivity contribution is 7.92. The Hall–Kier alpha value is -2.68. The number of rotatable bonds is 5. The van der Waals surface area contributed by atoms with Crippen molar-refractivity contribution in [2.75, 3.05) is 41.6 Å². The van der Waals surface area contributed by atoms with E-state index >= 15 is 0 Å². The van der Waals surface area contributed by atoms with Crippen LogP contribution in [0.15, 0.2) is 48.5 Å². The molecule has 3 rings (SSSR count). The average Bonchev–Trinajstić information content (AvgIpc) is 2.67. The first-order valence-corrected chi connectivity index (χ1v) is 11.1. The average molecular weight is 423 g/mol. The van der Waals surface area contributed by atoms with Gasteiger partial charge in [-0.15, -0.1) is 0 Å². The van der Waals surface area contributed by atoms with E-state index in [9.17, 15) is 22.0 Å². The maximum atomic E-state index is 14.0. The molecule has 9 heteroatoms. The van der Waals surface area contributed by atoms with Crippen molar-refractivity contribution in [3.05, 3.63) is 60.2 Å². The smallest absolute Gasteiger partial charge is 0.246 e. The maximum Gasteiger partial charge on any atom is 0.246 e. The van der Waals surface area contributed by atoms with E-state index < -0.39 is 21.9 Å². The molecule has 1 saturated heterocycles. The zero-order chi connectivity index (χ0) is 21.2. The van der Waals surface area contributed by atoms with Gasteiger partial charge in [-0.1, -0.05) is 18.2 Å². The summed E-state index contributed by atoms with van der Waals surface area (Å²) in [6.07, 6.45) is 0.984. The molecule has 0 spiro atoms. The third kappa shape index (κ3) is 4.67. The Morgan fingerprint density at radius 3 is 2.28 bits per heavy atom. The molecule has 0 N–H and O–H groups in total. The normalized spacial score (nSPS) is 15.9. The van der Waals surface area contributed by atoms with Gasteiger partial charge in [0.15, 0.2) is 0 Å². The highest BCUT2D eigenvalue weighted by Gasteiger charge is 2.33. The number of benzene rings is 2. The topological polar surface area (TPSA) is 60.9 Å². The molecule has 0 aliphatic carbocycles. The van der Waals surface area contributed by atoms with Gasteiger partial charge in [0.1, 0.15) is 17.7 Å². The number of hydrogen-bond donors (Lipinski definition) is 0. The fourth-order valence-corrected chi connectivity index (χ4v) is 4.72. The molecule has 0 saturated carbocycles. The molecule has 1 aliphatic heterocycles. The summed E-state index contributed by atoms with van der Waals surface area (Å²) in [5, 5.41) is 0. The van der Waals surface area contributed by atoms with E-state index in [1.54, 1.807) is 23.1 Å². The van der Waals surface area contributed by atoms with Crippen LogP contribution in [-0.4, -0.2) is 57.7 Å². The summed E-state index contributed by atoms with van der Waals surface area (Å²) in [6.45, 7) is 3.00. The lowest BCUT2D eigenvalue weighted by Crippen LogP contribution is -2.55. The molecule has 1 aliphatic rings. The van der Waals surface area contributed by atoms with Crippen LogP contribution in [0, 0.1) is 11.6 Å². The van der Waals surface area contributed by atoms with Gasteiger partial charge in [0.25, 0.3) is 0 Å². The molecule has 0 bridgehead atoms. The number of nitrogens with zero attached hydrogens (tertiary/aromatic N) is 3. The third-order valence-electron chi connectivity index (χ3n) is 4.91. The molecule has 0 aromatic heterocycles. The number of amides is 1. The second-order valence-corrected chi connectivity index (χ2v) is 8.84. The van der Waals surface area contributed by atoms with Crippen LogP contribution < -0.4 is 9.21 Å². The number of piperazine rings is 1. The van der Waals surface area contributed by atoms with Gasteiger partial charge in [-0.25, -0.2) is 17.2 Å². The second-order valence-electron chi connectivity index (χ2n) is 6.98. The summed E-state index contributed by atoms with van der Waals surface area (Å²) >= 11 is 0. The quantitative estimate of drug-likeness (QED) is 0.741. The Bertz CT molecular complexity index is 992. The van der Waals surface area contributed by atoms with Gasteiger partial charge in [-0.05, 0) is 37.3 Å². The molecule has 1 heterocycles. The first kappa shape index (κ1) is 21.0. The lowest BCUT2D eigenvalue weighted by Gasteiger charge is -2.39. The molecule has 1 atom stereocenters. The molecule has 6 nitrogen and oxygen atoms in total. The number of carbonyl (C=O) groups excluding carboxylic acids is 1. The van der Waals surface area contributed by atoms with Crippen LogP contribution in [0.1, 0.15) is 6.92 Å². The lowest BCUT2D eigenvalue weighted by molar-refractivity contribution is -0.132. The molecular formula is C20H23F2N3O3S. The highest BCUT2D eigenvalue weighted by atomic mass is 32.2. The van der Waals surface area contributed by atoms with Crippen LogP contribution >= 0.6 is 0 Å². The predicted octanol–water partition coefficient (Wildman–Crippen LogP) is 2.47. The van der Waals surface area contributed by atoms with Crippen molar-refractivity contribution in [3.63, 3.8) is 0 Å². The van der Waals surface area contributed by atoms with Crippen LogP contribution in [0.25, 0.3) is 0 Å². The third-order valence-corrected chi connectivity index (χ3v) is 6.16. The predicted molar refractivity (Wildman–Crippen MR) is 108 cm³/mol. The van der Waals surface area contributed by atoms with Gasteiger partial charge in [0, 0.05) is 26.2 Å². The van der Waals surface area contributed by atoms with Gasteiger partial charge in [-0.2, -0.15) is 0 Å². The Morgan fingerprint density at radius 1 is 1.03 bits per heavy atom. The van der Waals surface area contributed by atoms with Crippen molar-refractivity contribution in [1.29, 1.82) is 0 Å². The number of anilines is 2. The molecule has 156 valence electrons. The summed E-state index contributed by atoms with van der Waals surface area (Å²) in [5.41, 5.74) is 0.573.